The van der Waals surface area contributed by atoms with E-state index in [-0.39, 0.29) is 19.8 Å². The Morgan fingerprint density at radius 1 is 1.03 bits per heavy atom. The molecule has 0 saturated carbocycles. The van der Waals surface area contributed by atoms with Crippen molar-refractivity contribution in [1.82, 2.24) is 5.32 Å². The number of methoxy groups -OCH3 is 2. The fourth-order valence-electron chi connectivity index (χ4n) is 3.31. The number of alkyl carbamates (subject to hydrolysis) is 1. The Hall–Kier alpha value is -2.49. The standard InChI is InChI=1S/C22H27NO7/c1-26-20-22(25,23-21(24)27-2)19(29-14-17-11-7-4-8-12-17)18(15-30-20)28-13-16-9-5-3-6-10-16/h3-12,18-20,25H,13-15H2,1-2H3,(H,23,24)/t18-,19-,20+,22+/m0/s1. The van der Waals surface area contributed by atoms with Crippen LogP contribution in [-0.2, 0) is 36.9 Å². The summed E-state index contributed by atoms with van der Waals surface area (Å²) in [6, 6.07) is 19.1. The summed E-state index contributed by atoms with van der Waals surface area (Å²) in [5.74, 6) is 0. The van der Waals surface area contributed by atoms with Gasteiger partial charge in [-0.2, -0.15) is 0 Å². The van der Waals surface area contributed by atoms with Crippen molar-refractivity contribution in [2.45, 2.75) is 37.4 Å². The lowest BCUT2D eigenvalue weighted by atomic mass is 9.97. The molecule has 0 aliphatic carbocycles. The van der Waals surface area contributed by atoms with E-state index < -0.39 is 30.3 Å². The lowest BCUT2D eigenvalue weighted by molar-refractivity contribution is -0.332. The number of hydrogen-bond acceptors (Lipinski definition) is 7. The molecule has 1 aliphatic heterocycles. The summed E-state index contributed by atoms with van der Waals surface area (Å²) in [5.41, 5.74) is -0.172. The van der Waals surface area contributed by atoms with Gasteiger partial charge in [0.2, 0.25) is 12.0 Å². The van der Waals surface area contributed by atoms with Crippen molar-refractivity contribution in [3.8, 4) is 0 Å². The molecular formula is C22H27NO7. The Kier molecular flexibility index (Phi) is 7.78. The van der Waals surface area contributed by atoms with Crippen LogP contribution in [0.1, 0.15) is 11.1 Å². The van der Waals surface area contributed by atoms with E-state index >= 15 is 0 Å². The number of hydrogen-bond donors (Lipinski definition) is 2. The summed E-state index contributed by atoms with van der Waals surface area (Å²) in [7, 11) is 2.57. The number of carbonyl (C=O) groups excluding carboxylic acids is 1. The lowest BCUT2D eigenvalue weighted by Gasteiger charge is -2.47. The first kappa shape index (κ1) is 22.2. The van der Waals surface area contributed by atoms with Gasteiger partial charge in [-0.25, -0.2) is 4.79 Å². The molecule has 8 nitrogen and oxygen atoms in total. The van der Waals surface area contributed by atoms with Gasteiger partial charge in [0, 0.05) is 7.11 Å². The van der Waals surface area contributed by atoms with Crippen LogP contribution in [0.2, 0.25) is 0 Å². The zero-order chi connectivity index (χ0) is 21.4. The Morgan fingerprint density at radius 2 is 1.60 bits per heavy atom. The molecule has 4 atom stereocenters. The largest absolute Gasteiger partial charge is 0.453 e. The maximum Gasteiger partial charge on any atom is 0.409 e. The van der Waals surface area contributed by atoms with Gasteiger partial charge in [-0.05, 0) is 11.1 Å². The van der Waals surface area contributed by atoms with Crippen molar-refractivity contribution in [1.29, 1.82) is 0 Å². The molecule has 162 valence electrons. The van der Waals surface area contributed by atoms with Crippen molar-refractivity contribution in [2.75, 3.05) is 20.8 Å². The minimum atomic E-state index is -2.03. The van der Waals surface area contributed by atoms with E-state index in [1.54, 1.807) is 0 Å². The Morgan fingerprint density at radius 3 is 2.13 bits per heavy atom. The third-order valence-electron chi connectivity index (χ3n) is 4.82. The Bertz CT molecular complexity index is 789. The van der Waals surface area contributed by atoms with Crippen LogP contribution in [0, 0.1) is 0 Å². The molecule has 0 spiro atoms. The fourth-order valence-corrected chi connectivity index (χ4v) is 3.31. The number of ether oxygens (including phenoxy) is 5. The van der Waals surface area contributed by atoms with E-state index in [2.05, 4.69) is 10.1 Å². The van der Waals surface area contributed by atoms with Gasteiger partial charge < -0.3 is 28.8 Å². The second kappa shape index (κ2) is 10.5. The molecule has 3 rings (SSSR count). The van der Waals surface area contributed by atoms with E-state index in [4.69, 9.17) is 18.9 Å². The predicted molar refractivity (Wildman–Crippen MR) is 107 cm³/mol. The van der Waals surface area contributed by atoms with E-state index in [1.165, 1.54) is 14.2 Å². The maximum absolute atomic E-state index is 12.0. The smallest absolute Gasteiger partial charge is 0.409 e. The van der Waals surface area contributed by atoms with E-state index in [0.29, 0.717) is 0 Å². The Balaban J connectivity index is 1.82. The van der Waals surface area contributed by atoms with Crippen molar-refractivity contribution < 1.29 is 33.6 Å². The van der Waals surface area contributed by atoms with E-state index in [9.17, 15) is 9.90 Å². The van der Waals surface area contributed by atoms with Gasteiger partial charge in [-0.1, -0.05) is 60.7 Å². The molecule has 1 heterocycles. The first-order valence-electron chi connectivity index (χ1n) is 9.60. The maximum atomic E-state index is 12.0. The highest BCUT2D eigenvalue weighted by Crippen LogP contribution is 2.30. The van der Waals surface area contributed by atoms with Crippen molar-refractivity contribution in [3.63, 3.8) is 0 Å². The zero-order valence-corrected chi connectivity index (χ0v) is 17.0. The van der Waals surface area contributed by atoms with Crippen molar-refractivity contribution >= 4 is 6.09 Å². The van der Waals surface area contributed by atoms with Gasteiger partial charge in [0.1, 0.15) is 12.2 Å². The molecule has 1 amide bonds. The highest BCUT2D eigenvalue weighted by atomic mass is 16.7. The quantitative estimate of drug-likeness (QED) is 0.636. The van der Waals surface area contributed by atoms with Gasteiger partial charge in [0.15, 0.2) is 0 Å². The molecule has 1 aliphatic rings. The molecule has 0 radical (unpaired) electrons. The molecular weight excluding hydrogens is 390 g/mol. The van der Waals surface area contributed by atoms with Crippen LogP contribution in [0.15, 0.2) is 60.7 Å². The first-order valence-corrected chi connectivity index (χ1v) is 9.60. The van der Waals surface area contributed by atoms with Gasteiger partial charge >= 0.3 is 6.09 Å². The minimum Gasteiger partial charge on any atom is -0.453 e. The first-order chi connectivity index (χ1) is 14.6. The van der Waals surface area contributed by atoms with E-state index in [1.807, 2.05) is 60.7 Å². The number of nitrogens with one attached hydrogen (secondary N) is 1. The molecule has 2 N–H and O–H groups in total. The number of benzene rings is 2. The SMILES string of the molecule is COC(=O)N[C@]1(O)[C@H](OC)OC[C@H](OCc2ccccc2)[C@@H]1OCc1ccccc1. The van der Waals surface area contributed by atoms with Crippen LogP contribution in [-0.4, -0.2) is 56.2 Å². The van der Waals surface area contributed by atoms with E-state index in [0.717, 1.165) is 11.1 Å². The molecule has 0 unspecified atom stereocenters. The second-order valence-electron chi connectivity index (χ2n) is 6.90. The van der Waals surface area contributed by atoms with Crippen LogP contribution < -0.4 is 5.32 Å². The predicted octanol–water partition coefficient (Wildman–Crippen LogP) is 2.20. The Labute approximate surface area is 175 Å². The van der Waals surface area contributed by atoms with Crippen LogP contribution in [0.25, 0.3) is 0 Å². The summed E-state index contributed by atoms with van der Waals surface area (Å²) >= 11 is 0. The van der Waals surface area contributed by atoms with Crippen LogP contribution in [0.5, 0.6) is 0 Å². The van der Waals surface area contributed by atoms with Crippen LogP contribution in [0.3, 0.4) is 0 Å². The van der Waals surface area contributed by atoms with Crippen LogP contribution in [0.4, 0.5) is 4.79 Å². The zero-order valence-electron chi connectivity index (χ0n) is 17.0. The molecule has 2 aromatic carbocycles. The lowest BCUT2D eigenvalue weighted by Crippen LogP contribution is -2.72. The third-order valence-corrected chi connectivity index (χ3v) is 4.82. The highest BCUT2D eigenvalue weighted by Gasteiger charge is 2.55. The molecule has 1 fully saturated rings. The second-order valence-corrected chi connectivity index (χ2v) is 6.90. The van der Waals surface area contributed by atoms with Gasteiger partial charge in [-0.15, -0.1) is 0 Å². The normalized spacial score (nSPS) is 26.2. The van der Waals surface area contributed by atoms with Crippen molar-refractivity contribution in [3.05, 3.63) is 71.8 Å². The molecule has 2 aromatic rings. The number of carbonyl (C=O) groups is 1. The van der Waals surface area contributed by atoms with Gasteiger partial charge in [0.05, 0.1) is 26.9 Å². The van der Waals surface area contributed by atoms with Crippen molar-refractivity contribution in [2.24, 2.45) is 0 Å². The molecule has 8 heteroatoms. The molecule has 0 aromatic heterocycles. The highest BCUT2D eigenvalue weighted by molar-refractivity contribution is 5.68. The summed E-state index contributed by atoms with van der Waals surface area (Å²) < 4.78 is 27.6. The monoisotopic (exact) mass is 417 g/mol. The van der Waals surface area contributed by atoms with Gasteiger partial charge in [0.25, 0.3) is 0 Å². The van der Waals surface area contributed by atoms with Crippen LogP contribution >= 0.6 is 0 Å². The summed E-state index contributed by atoms with van der Waals surface area (Å²) in [6.07, 6.45) is -3.68. The molecule has 30 heavy (non-hydrogen) atoms. The topological polar surface area (TPSA) is 95.5 Å². The summed E-state index contributed by atoms with van der Waals surface area (Å²) in [4.78, 5) is 12.0. The molecule has 0 bridgehead atoms. The number of aliphatic hydroxyl groups is 1. The fraction of sp³-hybridized carbons (Fsp3) is 0.409. The average Bonchev–Trinajstić information content (AvgIpc) is 2.78. The summed E-state index contributed by atoms with van der Waals surface area (Å²) in [5, 5.41) is 13.8. The number of rotatable bonds is 8. The van der Waals surface area contributed by atoms with Gasteiger partial charge in [-0.3, -0.25) is 5.32 Å². The minimum absolute atomic E-state index is 0.107. The summed E-state index contributed by atoms with van der Waals surface area (Å²) in [6.45, 7) is 0.584. The number of amides is 1. The molecule has 1 saturated heterocycles. The third kappa shape index (κ3) is 5.35. The average molecular weight is 417 g/mol.